The highest BCUT2D eigenvalue weighted by molar-refractivity contribution is 7.99. The molecule has 0 N–H and O–H groups in total. The third-order valence-corrected chi connectivity index (χ3v) is 3.44. The normalized spacial score (nSPS) is 10.6. The van der Waals surface area contributed by atoms with E-state index in [1.807, 2.05) is 19.1 Å². The molecular weight excluding hydrogens is 292 g/mol. The van der Waals surface area contributed by atoms with Crippen LogP contribution in [0.25, 0.3) is 11.5 Å². The predicted molar refractivity (Wildman–Crippen MR) is 80.1 cm³/mol. The summed E-state index contributed by atoms with van der Waals surface area (Å²) in [5.41, 5.74) is 0.760. The molecule has 0 radical (unpaired) electrons. The third kappa shape index (κ3) is 4.37. The molecule has 0 unspecified atom stereocenters. The monoisotopic (exact) mass is 310 g/mol. The largest absolute Gasteiger partial charge is 0.497 e. The van der Waals surface area contributed by atoms with Gasteiger partial charge in [-0.15, -0.1) is 10.2 Å². The summed E-state index contributed by atoms with van der Waals surface area (Å²) in [5.74, 6) is 2.56. The van der Waals surface area contributed by atoms with Crippen molar-refractivity contribution in [1.29, 1.82) is 0 Å². The Kier molecular flexibility index (Phi) is 5.89. The minimum absolute atomic E-state index is 0.436. The number of nitrogens with zero attached hydrogens (tertiary/aromatic N) is 2. The average Bonchev–Trinajstić information content (AvgIpc) is 3.00. The minimum Gasteiger partial charge on any atom is -0.497 e. The van der Waals surface area contributed by atoms with Crippen molar-refractivity contribution < 1.29 is 18.6 Å². The van der Waals surface area contributed by atoms with Crippen molar-refractivity contribution in [2.24, 2.45) is 0 Å². The van der Waals surface area contributed by atoms with Crippen molar-refractivity contribution in [3.63, 3.8) is 0 Å². The summed E-state index contributed by atoms with van der Waals surface area (Å²) in [6.07, 6.45) is 0. The van der Waals surface area contributed by atoms with E-state index in [0.717, 1.165) is 11.3 Å². The SMILES string of the molecule is CCOCCSc1nnc(-c2cc(OC)cc(OC)c2)o1. The second-order valence-electron chi connectivity index (χ2n) is 4.02. The van der Waals surface area contributed by atoms with E-state index in [1.54, 1.807) is 20.3 Å². The Morgan fingerprint density at radius 2 is 1.81 bits per heavy atom. The molecule has 0 saturated heterocycles. The van der Waals surface area contributed by atoms with Gasteiger partial charge in [-0.3, -0.25) is 0 Å². The number of methoxy groups -OCH3 is 2. The van der Waals surface area contributed by atoms with Crippen LogP contribution in [0.3, 0.4) is 0 Å². The zero-order valence-corrected chi connectivity index (χ0v) is 13.1. The summed E-state index contributed by atoms with van der Waals surface area (Å²) in [7, 11) is 3.20. The molecule has 0 aliphatic heterocycles. The highest BCUT2D eigenvalue weighted by atomic mass is 32.2. The maximum Gasteiger partial charge on any atom is 0.276 e. The van der Waals surface area contributed by atoms with Gasteiger partial charge >= 0.3 is 0 Å². The topological polar surface area (TPSA) is 66.6 Å². The van der Waals surface area contributed by atoms with Gasteiger partial charge in [0.2, 0.25) is 5.89 Å². The van der Waals surface area contributed by atoms with Crippen LogP contribution < -0.4 is 9.47 Å². The van der Waals surface area contributed by atoms with Crippen LogP contribution in [0.2, 0.25) is 0 Å². The second kappa shape index (κ2) is 7.90. The molecule has 0 saturated carbocycles. The van der Waals surface area contributed by atoms with Gasteiger partial charge in [0.25, 0.3) is 5.22 Å². The molecule has 0 amide bonds. The first kappa shape index (κ1) is 15.7. The fourth-order valence-corrected chi connectivity index (χ4v) is 2.26. The standard InChI is InChI=1S/C14H18N2O4S/c1-4-19-5-6-21-14-16-15-13(20-14)10-7-11(17-2)9-12(8-10)18-3/h7-9H,4-6H2,1-3H3. The third-order valence-electron chi connectivity index (χ3n) is 2.66. The number of hydrogen-bond acceptors (Lipinski definition) is 7. The van der Waals surface area contributed by atoms with Crippen molar-refractivity contribution in [2.75, 3.05) is 33.2 Å². The van der Waals surface area contributed by atoms with Crippen LogP contribution >= 0.6 is 11.8 Å². The van der Waals surface area contributed by atoms with Gasteiger partial charge in [-0.05, 0) is 19.1 Å². The Hall–Kier alpha value is -1.73. The number of ether oxygens (including phenoxy) is 3. The summed E-state index contributed by atoms with van der Waals surface area (Å²) in [4.78, 5) is 0. The highest BCUT2D eigenvalue weighted by Gasteiger charge is 2.12. The van der Waals surface area contributed by atoms with Gasteiger partial charge in [0.1, 0.15) is 11.5 Å². The number of hydrogen-bond donors (Lipinski definition) is 0. The van der Waals surface area contributed by atoms with Crippen LogP contribution in [0, 0.1) is 0 Å². The molecule has 7 heteroatoms. The number of rotatable bonds is 8. The van der Waals surface area contributed by atoms with Crippen molar-refractivity contribution in [3.8, 4) is 23.0 Å². The zero-order valence-electron chi connectivity index (χ0n) is 12.3. The molecule has 0 aliphatic carbocycles. The fourth-order valence-electron chi connectivity index (χ4n) is 1.65. The van der Waals surface area contributed by atoms with Gasteiger partial charge in [-0.25, -0.2) is 0 Å². The maximum atomic E-state index is 5.62. The number of benzene rings is 1. The molecule has 1 aromatic heterocycles. The van der Waals surface area contributed by atoms with Gasteiger partial charge in [0.15, 0.2) is 0 Å². The minimum atomic E-state index is 0.436. The molecule has 1 heterocycles. The van der Waals surface area contributed by atoms with Gasteiger partial charge in [-0.2, -0.15) is 0 Å². The molecular formula is C14H18N2O4S. The molecule has 0 atom stereocenters. The lowest BCUT2D eigenvalue weighted by Gasteiger charge is -2.05. The summed E-state index contributed by atoms with van der Waals surface area (Å²) in [6, 6.07) is 5.44. The van der Waals surface area contributed by atoms with Crippen LogP contribution in [-0.4, -0.2) is 43.4 Å². The lowest BCUT2D eigenvalue weighted by molar-refractivity contribution is 0.164. The fraction of sp³-hybridized carbons (Fsp3) is 0.429. The van der Waals surface area contributed by atoms with Crippen molar-refractivity contribution in [3.05, 3.63) is 18.2 Å². The van der Waals surface area contributed by atoms with E-state index < -0.39 is 0 Å². The molecule has 114 valence electrons. The van der Waals surface area contributed by atoms with Crippen molar-refractivity contribution >= 4 is 11.8 Å². The first-order chi connectivity index (χ1) is 10.3. The smallest absolute Gasteiger partial charge is 0.276 e. The van der Waals surface area contributed by atoms with Gasteiger partial charge in [0, 0.05) is 24.0 Å². The lowest BCUT2D eigenvalue weighted by atomic mass is 10.2. The molecule has 0 aliphatic rings. The van der Waals surface area contributed by atoms with Crippen LogP contribution in [0.15, 0.2) is 27.8 Å². The van der Waals surface area contributed by atoms with E-state index in [-0.39, 0.29) is 0 Å². The van der Waals surface area contributed by atoms with E-state index in [9.17, 15) is 0 Å². The van der Waals surface area contributed by atoms with E-state index in [4.69, 9.17) is 18.6 Å². The van der Waals surface area contributed by atoms with Crippen LogP contribution in [-0.2, 0) is 4.74 Å². The number of aromatic nitrogens is 2. The molecule has 0 spiro atoms. The second-order valence-corrected chi connectivity index (χ2v) is 5.07. The average molecular weight is 310 g/mol. The van der Waals surface area contributed by atoms with E-state index in [2.05, 4.69) is 10.2 Å². The van der Waals surface area contributed by atoms with Crippen LogP contribution in [0.5, 0.6) is 11.5 Å². The highest BCUT2D eigenvalue weighted by Crippen LogP contribution is 2.30. The lowest BCUT2D eigenvalue weighted by Crippen LogP contribution is -1.95. The van der Waals surface area contributed by atoms with Crippen molar-refractivity contribution in [1.82, 2.24) is 10.2 Å². The first-order valence-electron chi connectivity index (χ1n) is 6.54. The predicted octanol–water partition coefficient (Wildman–Crippen LogP) is 2.88. The molecule has 0 bridgehead atoms. The summed E-state index contributed by atoms with van der Waals surface area (Å²) in [6.45, 7) is 3.33. The van der Waals surface area contributed by atoms with Crippen LogP contribution in [0.4, 0.5) is 0 Å². The van der Waals surface area contributed by atoms with Crippen molar-refractivity contribution in [2.45, 2.75) is 12.1 Å². The molecule has 1 aromatic carbocycles. The van der Waals surface area contributed by atoms with Crippen LogP contribution in [0.1, 0.15) is 6.92 Å². The maximum absolute atomic E-state index is 5.62. The Morgan fingerprint density at radius 1 is 1.10 bits per heavy atom. The van der Waals surface area contributed by atoms with E-state index in [1.165, 1.54) is 11.8 Å². The molecule has 2 aromatic rings. The van der Waals surface area contributed by atoms with Gasteiger partial charge < -0.3 is 18.6 Å². The summed E-state index contributed by atoms with van der Waals surface area (Å²) in [5, 5.41) is 8.58. The Labute approximate surface area is 127 Å². The molecule has 21 heavy (non-hydrogen) atoms. The van der Waals surface area contributed by atoms with E-state index >= 15 is 0 Å². The number of thioether (sulfide) groups is 1. The Balaban J connectivity index is 2.09. The van der Waals surface area contributed by atoms with Gasteiger partial charge in [-0.1, -0.05) is 11.8 Å². The summed E-state index contributed by atoms with van der Waals surface area (Å²) >= 11 is 1.47. The Bertz CT molecular complexity index is 552. The van der Waals surface area contributed by atoms with E-state index in [0.29, 0.717) is 35.8 Å². The molecule has 0 fully saturated rings. The molecule has 6 nitrogen and oxygen atoms in total. The first-order valence-corrected chi connectivity index (χ1v) is 7.53. The summed E-state index contributed by atoms with van der Waals surface area (Å²) < 4.78 is 21.3. The Morgan fingerprint density at radius 3 is 2.43 bits per heavy atom. The zero-order chi connectivity index (χ0) is 15.1. The quantitative estimate of drug-likeness (QED) is 0.548. The van der Waals surface area contributed by atoms with Gasteiger partial charge in [0.05, 0.1) is 20.8 Å². The molecule has 2 rings (SSSR count).